The minimum Gasteiger partial charge on any atom is -0.493 e. The lowest BCUT2D eigenvalue weighted by atomic mass is 10.1. The summed E-state index contributed by atoms with van der Waals surface area (Å²) in [6, 6.07) is 14.6. The second-order valence-corrected chi connectivity index (χ2v) is 5.70. The van der Waals surface area contributed by atoms with Crippen molar-refractivity contribution >= 4 is 23.2 Å². The Bertz CT molecular complexity index is 759. The van der Waals surface area contributed by atoms with E-state index in [1.54, 1.807) is 12.1 Å². The van der Waals surface area contributed by atoms with Gasteiger partial charge in [0.15, 0.2) is 0 Å². The summed E-state index contributed by atoms with van der Waals surface area (Å²) in [5.74, 6) is 0.378. The van der Waals surface area contributed by atoms with E-state index in [1.165, 1.54) is 0 Å². The molecule has 0 aromatic heterocycles. The van der Waals surface area contributed by atoms with E-state index in [2.05, 4.69) is 10.6 Å². The topological polar surface area (TPSA) is 70.7 Å². The van der Waals surface area contributed by atoms with Crippen molar-refractivity contribution in [3.63, 3.8) is 0 Å². The van der Waals surface area contributed by atoms with Crippen molar-refractivity contribution in [2.45, 2.75) is 6.92 Å². The van der Waals surface area contributed by atoms with Crippen molar-refractivity contribution in [1.29, 1.82) is 0 Å². The minimum atomic E-state index is -0.214. The zero-order valence-corrected chi connectivity index (χ0v) is 14.1. The van der Waals surface area contributed by atoms with Gasteiger partial charge in [-0.15, -0.1) is 0 Å². The van der Waals surface area contributed by atoms with E-state index >= 15 is 0 Å². The Morgan fingerprint density at radius 1 is 1.20 bits per heavy atom. The van der Waals surface area contributed by atoms with Crippen LogP contribution >= 0.6 is 0 Å². The largest absolute Gasteiger partial charge is 0.493 e. The molecule has 1 aliphatic heterocycles. The summed E-state index contributed by atoms with van der Waals surface area (Å²) < 4.78 is 5.50. The third kappa shape index (κ3) is 4.09. The number of anilines is 2. The van der Waals surface area contributed by atoms with Gasteiger partial charge >= 0.3 is 0 Å². The van der Waals surface area contributed by atoms with Crippen LogP contribution in [-0.4, -0.2) is 38.1 Å². The molecule has 3 rings (SSSR count). The molecular formula is C19H21N3O3. The molecule has 0 unspecified atom stereocenters. The first-order valence-electron chi connectivity index (χ1n) is 8.32. The van der Waals surface area contributed by atoms with Gasteiger partial charge in [-0.1, -0.05) is 12.1 Å². The zero-order valence-electron chi connectivity index (χ0n) is 14.1. The molecule has 2 N–H and O–H groups in total. The second-order valence-electron chi connectivity index (χ2n) is 5.70. The first-order chi connectivity index (χ1) is 12.2. The maximum absolute atomic E-state index is 12.5. The highest BCUT2D eigenvalue weighted by molar-refractivity contribution is 6.06. The smallest absolute Gasteiger partial charge is 0.259 e. The fraction of sp³-hybridized carbons (Fsp3) is 0.263. The number of para-hydroxylation sites is 1. The van der Waals surface area contributed by atoms with Crippen molar-refractivity contribution in [1.82, 2.24) is 5.32 Å². The van der Waals surface area contributed by atoms with Crippen LogP contribution in [0.2, 0.25) is 0 Å². The third-order valence-electron chi connectivity index (χ3n) is 3.96. The number of hydrogen-bond acceptors (Lipinski definition) is 4. The number of ether oxygens (including phenoxy) is 1. The van der Waals surface area contributed by atoms with Crippen LogP contribution < -0.4 is 20.3 Å². The number of hydrogen-bond donors (Lipinski definition) is 2. The lowest BCUT2D eigenvalue weighted by Crippen LogP contribution is -2.47. The van der Waals surface area contributed by atoms with Crippen LogP contribution in [0.4, 0.5) is 11.4 Å². The van der Waals surface area contributed by atoms with Crippen LogP contribution in [-0.2, 0) is 4.79 Å². The van der Waals surface area contributed by atoms with Gasteiger partial charge in [0.2, 0.25) is 5.91 Å². The van der Waals surface area contributed by atoms with Crippen molar-refractivity contribution in [2.75, 3.05) is 36.5 Å². The third-order valence-corrected chi connectivity index (χ3v) is 3.96. The molecule has 1 saturated heterocycles. The summed E-state index contributed by atoms with van der Waals surface area (Å²) in [4.78, 5) is 26.0. The van der Waals surface area contributed by atoms with Gasteiger partial charge < -0.3 is 20.3 Å². The van der Waals surface area contributed by atoms with E-state index in [0.29, 0.717) is 36.7 Å². The van der Waals surface area contributed by atoms with Gasteiger partial charge in [-0.3, -0.25) is 9.59 Å². The lowest BCUT2D eigenvalue weighted by Gasteiger charge is -2.28. The molecule has 130 valence electrons. The molecule has 1 heterocycles. The molecule has 2 aromatic rings. The van der Waals surface area contributed by atoms with Crippen molar-refractivity contribution < 1.29 is 14.3 Å². The Hall–Kier alpha value is -3.02. The van der Waals surface area contributed by atoms with Crippen molar-refractivity contribution in [3.8, 4) is 5.75 Å². The normalized spacial score (nSPS) is 14.0. The summed E-state index contributed by atoms with van der Waals surface area (Å²) in [6.45, 7) is 4.16. The predicted octanol–water partition coefficient (Wildman–Crippen LogP) is 2.27. The standard InChI is InChI=1S/C19H21N3O3/c1-2-25-17-6-4-3-5-16(17)19(24)21-14-7-9-15(10-8-14)22-12-11-20-18(23)13-22/h3-10H,2,11-13H2,1H3,(H,20,23)(H,21,24). The number of nitrogens with zero attached hydrogens (tertiary/aromatic N) is 1. The molecule has 2 aromatic carbocycles. The summed E-state index contributed by atoms with van der Waals surface area (Å²) >= 11 is 0. The van der Waals surface area contributed by atoms with Gasteiger partial charge in [0.05, 0.1) is 18.7 Å². The number of benzene rings is 2. The maximum Gasteiger partial charge on any atom is 0.259 e. The molecule has 6 heteroatoms. The van der Waals surface area contributed by atoms with Gasteiger partial charge in [0.1, 0.15) is 5.75 Å². The van der Waals surface area contributed by atoms with E-state index in [1.807, 2.05) is 48.2 Å². The molecule has 0 saturated carbocycles. The minimum absolute atomic E-state index is 0.0242. The number of carbonyl (C=O) groups is 2. The van der Waals surface area contributed by atoms with E-state index < -0.39 is 0 Å². The maximum atomic E-state index is 12.5. The number of carbonyl (C=O) groups excluding carboxylic acids is 2. The van der Waals surface area contributed by atoms with Gasteiger partial charge in [-0.05, 0) is 43.3 Å². The fourth-order valence-electron chi connectivity index (χ4n) is 2.75. The van der Waals surface area contributed by atoms with E-state index in [-0.39, 0.29) is 11.8 Å². The Labute approximate surface area is 146 Å². The second kappa shape index (κ2) is 7.70. The van der Waals surface area contributed by atoms with Gasteiger partial charge in [0.25, 0.3) is 5.91 Å². The number of rotatable bonds is 5. The first kappa shape index (κ1) is 16.8. The Kier molecular flexibility index (Phi) is 5.18. The SMILES string of the molecule is CCOc1ccccc1C(=O)Nc1ccc(N2CCNC(=O)C2)cc1. The predicted molar refractivity (Wildman–Crippen MR) is 97.2 cm³/mol. The summed E-state index contributed by atoms with van der Waals surface area (Å²) in [5.41, 5.74) is 2.16. The van der Waals surface area contributed by atoms with Crippen molar-refractivity contribution in [2.24, 2.45) is 0 Å². The lowest BCUT2D eigenvalue weighted by molar-refractivity contribution is -0.120. The zero-order chi connectivity index (χ0) is 17.6. The first-order valence-corrected chi connectivity index (χ1v) is 8.32. The van der Waals surface area contributed by atoms with Gasteiger partial charge in [-0.25, -0.2) is 0 Å². The molecule has 1 aliphatic rings. The highest BCUT2D eigenvalue weighted by Crippen LogP contribution is 2.22. The van der Waals surface area contributed by atoms with Gasteiger partial charge in [0, 0.05) is 24.5 Å². The average molecular weight is 339 g/mol. The van der Waals surface area contributed by atoms with E-state index in [4.69, 9.17) is 4.74 Å². The van der Waals surface area contributed by atoms with Gasteiger partial charge in [-0.2, -0.15) is 0 Å². The van der Waals surface area contributed by atoms with Crippen LogP contribution in [0.5, 0.6) is 5.75 Å². The fourth-order valence-corrected chi connectivity index (χ4v) is 2.75. The molecular weight excluding hydrogens is 318 g/mol. The molecule has 0 spiro atoms. The quantitative estimate of drug-likeness (QED) is 0.877. The van der Waals surface area contributed by atoms with Crippen LogP contribution in [0.15, 0.2) is 48.5 Å². The summed E-state index contributed by atoms with van der Waals surface area (Å²) in [6.07, 6.45) is 0. The Morgan fingerprint density at radius 2 is 1.96 bits per heavy atom. The summed E-state index contributed by atoms with van der Waals surface area (Å²) in [7, 11) is 0. The Balaban J connectivity index is 1.69. The summed E-state index contributed by atoms with van der Waals surface area (Å²) in [5, 5.41) is 5.68. The molecule has 0 aliphatic carbocycles. The molecule has 0 bridgehead atoms. The van der Waals surface area contributed by atoms with Crippen LogP contribution in [0.1, 0.15) is 17.3 Å². The molecule has 6 nitrogen and oxygen atoms in total. The van der Waals surface area contributed by atoms with Crippen LogP contribution in [0, 0.1) is 0 Å². The molecule has 0 radical (unpaired) electrons. The molecule has 25 heavy (non-hydrogen) atoms. The number of nitrogens with one attached hydrogen (secondary N) is 2. The average Bonchev–Trinajstić information content (AvgIpc) is 2.63. The highest BCUT2D eigenvalue weighted by Gasteiger charge is 2.17. The molecule has 2 amide bonds. The van der Waals surface area contributed by atoms with E-state index in [0.717, 1.165) is 12.2 Å². The van der Waals surface area contributed by atoms with E-state index in [9.17, 15) is 9.59 Å². The van der Waals surface area contributed by atoms with Crippen LogP contribution in [0.3, 0.4) is 0 Å². The molecule has 1 fully saturated rings. The monoisotopic (exact) mass is 339 g/mol. The molecule has 0 atom stereocenters. The number of piperazine rings is 1. The Morgan fingerprint density at radius 3 is 2.68 bits per heavy atom. The van der Waals surface area contributed by atoms with Crippen LogP contribution in [0.25, 0.3) is 0 Å². The number of amides is 2. The highest BCUT2D eigenvalue weighted by atomic mass is 16.5. The van der Waals surface area contributed by atoms with Crippen molar-refractivity contribution in [3.05, 3.63) is 54.1 Å².